The number of ether oxygens (including phenoxy) is 1. The van der Waals surface area contributed by atoms with E-state index in [1.807, 2.05) is 42.3 Å². The number of nitrogens with zero attached hydrogens (tertiary/aromatic N) is 3. The van der Waals surface area contributed by atoms with Crippen molar-refractivity contribution >= 4 is 5.91 Å². The molecule has 0 saturated carbocycles. The lowest BCUT2D eigenvalue weighted by atomic mass is 9.98. The number of carbonyl (C=O) groups excluding carboxylic acids is 1. The summed E-state index contributed by atoms with van der Waals surface area (Å²) in [5, 5.41) is 7.23. The molecule has 2 atom stereocenters. The molecular weight excluding hydrogens is 332 g/mol. The molecule has 0 bridgehead atoms. The van der Waals surface area contributed by atoms with Gasteiger partial charge in [-0.3, -0.25) is 4.79 Å². The van der Waals surface area contributed by atoms with Gasteiger partial charge in [0, 0.05) is 25.6 Å². The van der Waals surface area contributed by atoms with Crippen LogP contribution in [0.1, 0.15) is 37.4 Å². The van der Waals surface area contributed by atoms with E-state index in [1.165, 1.54) is 0 Å². The van der Waals surface area contributed by atoms with Gasteiger partial charge in [0.05, 0.1) is 5.92 Å². The van der Waals surface area contributed by atoms with Gasteiger partial charge in [0.15, 0.2) is 12.4 Å². The van der Waals surface area contributed by atoms with E-state index >= 15 is 0 Å². The Labute approximate surface area is 153 Å². The van der Waals surface area contributed by atoms with Gasteiger partial charge in [0.25, 0.3) is 5.91 Å². The molecular formula is C19H26N4O3. The molecule has 0 aliphatic carbocycles. The Morgan fingerprint density at radius 2 is 2.23 bits per heavy atom. The number of hydrogen-bond donors (Lipinski definition) is 1. The molecule has 0 radical (unpaired) electrons. The van der Waals surface area contributed by atoms with E-state index in [2.05, 4.69) is 22.4 Å². The normalized spacial score (nSPS) is 18.5. The largest absolute Gasteiger partial charge is 0.484 e. The molecule has 1 N–H and O–H groups in total. The summed E-state index contributed by atoms with van der Waals surface area (Å²) in [6, 6.07) is 9.67. The van der Waals surface area contributed by atoms with Crippen LogP contribution >= 0.6 is 0 Å². The minimum atomic E-state index is -0.0119. The predicted molar refractivity (Wildman–Crippen MR) is 97.0 cm³/mol. The molecule has 1 amide bonds. The predicted octanol–water partition coefficient (Wildman–Crippen LogP) is 2.00. The van der Waals surface area contributed by atoms with E-state index in [0.717, 1.165) is 25.8 Å². The van der Waals surface area contributed by atoms with Gasteiger partial charge in [0.1, 0.15) is 5.75 Å². The highest BCUT2D eigenvalue weighted by molar-refractivity contribution is 5.78. The summed E-state index contributed by atoms with van der Waals surface area (Å²) in [5.41, 5.74) is 0. The van der Waals surface area contributed by atoms with E-state index < -0.39 is 0 Å². The van der Waals surface area contributed by atoms with E-state index in [0.29, 0.717) is 30.1 Å². The molecule has 1 aliphatic heterocycles. The first-order valence-corrected chi connectivity index (χ1v) is 9.11. The molecule has 3 rings (SSSR count). The first-order chi connectivity index (χ1) is 12.7. The molecule has 0 spiro atoms. The van der Waals surface area contributed by atoms with Crippen molar-refractivity contribution in [1.29, 1.82) is 0 Å². The van der Waals surface area contributed by atoms with Gasteiger partial charge in [0.2, 0.25) is 5.89 Å². The molecule has 1 aliphatic rings. The SMILES string of the molecule is CNC(C)Cc1noc(C2CCCN(C(=O)COc3ccccc3)C2)n1. The third kappa shape index (κ3) is 4.82. The van der Waals surface area contributed by atoms with Crippen molar-refractivity contribution in [1.82, 2.24) is 20.4 Å². The van der Waals surface area contributed by atoms with Crippen molar-refractivity contribution in [3.63, 3.8) is 0 Å². The Hall–Kier alpha value is -2.41. The van der Waals surface area contributed by atoms with Gasteiger partial charge in [-0.25, -0.2) is 0 Å². The molecule has 1 aromatic carbocycles. The Bertz CT molecular complexity index is 704. The van der Waals surface area contributed by atoms with Crippen molar-refractivity contribution in [2.45, 2.75) is 38.1 Å². The Balaban J connectivity index is 1.54. The summed E-state index contributed by atoms with van der Waals surface area (Å²) in [4.78, 5) is 18.8. The number of piperidine rings is 1. The average molecular weight is 358 g/mol. The maximum Gasteiger partial charge on any atom is 0.260 e. The number of likely N-dealkylation sites (tertiary alicyclic amines) is 1. The fraction of sp³-hybridized carbons (Fsp3) is 0.526. The summed E-state index contributed by atoms with van der Waals surface area (Å²) in [6.45, 7) is 3.46. The zero-order chi connectivity index (χ0) is 18.4. The first-order valence-electron chi connectivity index (χ1n) is 9.11. The van der Waals surface area contributed by atoms with E-state index in [4.69, 9.17) is 9.26 Å². The number of para-hydroxylation sites is 1. The van der Waals surface area contributed by atoms with Gasteiger partial charge in [-0.15, -0.1) is 0 Å². The van der Waals surface area contributed by atoms with E-state index in [9.17, 15) is 4.79 Å². The third-order valence-corrected chi connectivity index (χ3v) is 4.69. The van der Waals surface area contributed by atoms with Crippen LogP contribution in [0.3, 0.4) is 0 Å². The molecule has 7 heteroatoms. The number of hydrogen-bond acceptors (Lipinski definition) is 6. The van der Waals surface area contributed by atoms with E-state index in [-0.39, 0.29) is 18.4 Å². The summed E-state index contributed by atoms with van der Waals surface area (Å²) in [7, 11) is 1.91. The molecule has 2 unspecified atom stereocenters. The second-order valence-corrected chi connectivity index (χ2v) is 6.72. The standard InChI is InChI=1S/C19H26N4O3/c1-14(20-2)11-17-21-19(26-22-17)15-7-6-10-23(12-15)18(24)13-25-16-8-4-3-5-9-16/h3-5,8-9,14-15,20H,6-7,10-13H2,1-2H3. The van der Waals surface area contributed by atoms with Gasteiger partial charge in [-0.2, -0.15) is 4.98 Å². The zero-order valence-corrected chi connectivity index (χ0v) is 15.4. The maximum atomic E-state index is 12.5. The second kappa shape index (κ2) is 8.80. The van der Waals surface area contributed by atoms with Gasteiger partial charge < -0.3 is 19.5 Å². The van der Waals surface area contributed by atoms with Crippen LogP contribution in [0.5, 0.6) is 5.75 Å². The van der Waals surface area contributed by atoms with Gasteiger partial charge in [-0.1, -0.05) is 23.4 Å². The van der Waals surface area contributed by atoms with Crippen LogP contribution in [0.2, 0.25) is 0 Å². The minimum absolute atomic E-state index is 0.0119. The smallest absolute Gasteiger partial charge is 0.260 e. The Morgan fingerprint density at radius 3 is 3.00 bits per heavy atom. The van der Waals surface area contributed by atoms with Crippen molar-refractivity contribution in [2.75, 3.05) is 26.7 Å². The Kier molecular flexibility index (Phi) is 6.22. The van der Waals surface area contributed by atoms with Crippen LogP contribution in [0, 0.1) is 0 Å². The summed E-state index contributed by atoms with van der Waals surface area (Å²) in [5.74, 6) is 2.12. The molecule has 1 fully saturated rings. The van der Waals surface area contributed by atoms with Gasteiger partial charge in [-0.05, 0) is 38.9 Å². The quantitative estimate of drug-likeness (QED) is 0.815. The molecule has 2 aromatic rings. The molecule has 26 heavy (non-hydrogen) atoms. The first kappa shape index (κ1) is 18.4. The second-order valence-electron chi connectivity index (χ2n) is 6.72. The summed E-state index contributed by atoms with van der Waals surface area (Å²) >= 11 is 0. The zero-order valence-electron chi connectivity index (χ0n) is 15.4. The van der Waals surface area contributed by atoms with Crippen LogP contribution in [0.4, 0.5) is 0 Å². The lowest BCUT2D eigenvalue weighted by Gasteiger charge is -2.30. The number of nitrogens with one attached hydrogen (secondary N) is 1. The van der Waals surface area contributed by atoms with Gasteiger partial charge >= 0.3 is 0 Å². The van der Waals surface area contributed by atoms with E-state index in [1.54, 1.807) is 0 Å². The molecule has 2 heterocycles. The van der Waals surface area contributed by atoms with Crippen LogP contribution in [-0.2, 0) is 11.2 Å². The molecule has 140 valence electrons. The third-order valence-electron chi connectivity index (χ3n) is 4.69. The van der Waals surface area contributed by atoms with Crippen molar-refractivity contribution in [3.05, 3.63) is 42.0 Å². The molecule has 1 saturated heterocycles. The van der Waals surface area contributed by atoms with Crippen molar-refractivity contribution in [2.24, 2.45) is 0 Å². The summed E-state index contributed by atoms with van der Waals surface area (Å²) in [6.07, 6.45) is 2.60. The van der Waals surface area contributed by atoms with Crippen LogP contribution < -0.4 is 10.1 Å². The number of amides is 1. The monoisotopic (exact) mass is 358 g/mol. The minimum Gasteiger partial charge on any atom is -0.484 e. The Morgan fingerprint density at radius 1 is 1.42 bits per heavy atom. The highest BCUT2D eigenvalue weighted by Crippen LogP contribution is 2.26. The van der Waals surface area contributed by atoms with Crippen LogP contribution in [0.15, 0.2) is 34.9 Å². The number of aromatic nitrogens is 2. The summed E-state index contributed by atoms with van der Waals surface area (Å²) < 4.78 is 11.0. The van der Waals surface area contributed by atoms with Crippen LogP contribution in [-0.4, -0.2) is 53.7 Å². The number of likely N-dealkylation sites (N-methyl/N-ethyl adjacent to an activating group) is 1. The number of rotatable bonds is 7. The highest BCUT2D eigenvalue weighted by atomic mass is 16.5. The fourth-order valence-corrected chi connectivity index (χ4v) is 3.05. The number of carbonyl (C=O) groups is 1. The number of benzene rings is 1. The fourth-order valence-electron chi connectivity index (χ4n) is 3.05. The van der Waals surface area contributed by atoms with Crippen molar-refractivity contribution < 1.29 is 14.1 Å². The average Bonchev–Trinajstić information content (AvgIpc) is 3.15. The topological polar surface area (TPSA) is 80.5 Å². The molecule has 1 aromatic heterocycles. The molecule has 7 nitrogen and oxygen atoms in total. The van der Waals surface area contributed by atoms with Crippen molar-refractivity contribution in [3.8, 4) is 5.75 Å². The lowest BCUT2D eigenvalue weighted by molar-refractivity contribution is -0.134. The van der Waals surface area contributed by atoms with Crippen LogP contribution in [0.25, 0.3) is 0 Å². The highest BCUT2D eigenvalue weighted by Gasteiger charge is 2.28. The maximum absolute atomic E-state index is 12.5. The lowest BCUT2D eigenvalue weighted by Crippen LogP contribution is -2.41.